The maximum atomic E-state index is 11.0. The van der Waals surface area contributed by atoms with Gasteiger partial charge in [-0.25, -0.2) is 4.79 Å². The molecule has 0 aromatic carbocycles. The molecule has 102 valence electrons. The van der Waals surface area contributed by atoms with E-state index in [1.807, 2.05) is 0 Å². The maximum absolute atomic E-state index is 11.0. The number of aliphatic carboxylic acids is 1. The number of hydrogen-bond acceptors (Lipinski definition) is 4. The van der Waals surface area contributed by atoms with E-state index in [2.05, 4.69) is 6.72 Å². The summed E-state index contributed by atoms with van der Waals surface area (Å²) in [5.74, 6) is -2.36. The average molecular weight is 272 g/mol. The highest BCUT2D eigenvalue weighted by Gasteiger charge is 2.15. The van der Waals surface area contributed by atoms with Gasteiger partial charge < -0.3 is 19.9 Å². The van der Waals surface area contributed by atoms with Crippen LogP contribution < -0.4 is 14.7 Å². The molecule has 0 bridgehead atoms. The monoisotopic (exact) mass is 272 g/mol. The van der Waals surface area contributed by atoms with Gasteiger partial charge in [-0.05, 0) is 12.2 Å². The third-order valence-corrected chi connectivity index (χ3v) is 2.93. The number of carboxylic acid groups (broad SMARTS) is 2. The topological polar surface area (TPSA) is 86.6 Å². The molecule has 0 spiro atoms. The lowest BCUT2D eigenvalue weighted by Gasteiger charge is -2.17. The Kier molecular flexibility index (Phi) is 3.39. The molecule has 6 nitrogen and oxygen atoms in total. The van der Waals surface area contributed by atoms with E-state index >= 15 is 0 Å². The summed E-state index contributed by atoms with van der Waals surface area (Å²) in [5.41, 5.74) is 0.639. The van der Waals surface area contributed by atoms with Crippen molar-refractivity contribution in [2.45, 2.75) is 0 Å². The van der Waals surface area contributed by atoms with Crippen LogP contribution in [0.15, 0.2) is 42.3 Å². The van der Waals surface area contributed by atoms with Crippen molar-refractivity contribution in [3.63, 3.8) is 0 Å². The Bertz CT molecular complexity index is 762. The molecule has 1 aliphatic heterocycles. The average Bonchev–Trinajstić information content (AvgIpc) is 2.39. The standard InChI is InChI=1S/C14H12N2O4/c1-15-5-3-9(13(17)18)7-11(15)12-8-10(14(19)20)4-6-16(12)2/h3-8H,1H2,2H3,(H-,17,18,19,20). The molecule has 0 aliphatic carbocycles. The molecule has 0 radical (unpaired) electrons. The summed E-state index contributed by atoms with van der Waals surface area (Å²) in [6.07, 6.45) is 5.98. The van der Waals surface area contributed by atoms with Crippen molar-refractivity contribution in [1.82, 2.24) is 4.90 Å². The first kappa shape index (κ1) is 13.5. The van der Waals surface area contributed by atoms with Crippen molar-refractivity contribution in [3.8, 4) is 0 Å². The van der Waals surface area contributed by atoms with E-state index in [1.54, 1.807) is 18.1 Å². The molecule has 0 saturated heterocycles. The SMILES string of the molecule is C=[n+]1ccc(C(=O)[O-])cc1=C1C=C(C(=O)O)C=CN1C. The van der Waals surface area contributed by atoms with Gasteiger partial charge in [0.25, 0.3) is 0 Å². The molecule has 0 unspecified atom stereocenters. The maximum Gasteiger partial charge on any atom is 0.335 e. The Morgan fingerprint density at radius 1 is 1.45 bits per heavy atom. The predicted octanol–water partition coefficient (Wildman–Crippen LogP) is -1.44. The zero-order chi connectivity index (χ0) is 14.9. The van der Waals surface area contributed by atoms with Crippen LogP contribution in [0.3, 0.4) is 0 Å². The van der Waals surface area contributed by atoms with Crippen molar-refractivity contribution >= 4 is 17.6 Å². The first-order valence-corrected chi connectivity index (χ1v) is 5.71. The Morgan fingerprint density at radius 2 is 2.15 bits per heavy atom. The number of carbonyl (C=O) groups excluding carboxylic acids is 1. The molecule has 6 heteroatoms. The van der Waals surface area contributed by atoms with Gasteiger partial charge in [-0.15, -0.1) is 0 Å². The molecule has 1 N–H and O–H groups in total. The number of aromatic nitrogens is 1. The summed E-state index contributed by atoms with van der Waals surface area (Å²) in [6, 6.07) is 2.76. The zero-order valence-electron chi connectivity index (χ0n) is 10.7. The van der Waals surface area contributed by atoms with Crippen LogP contribution in [-0.2, 0) is 4.79 Å². The molecule has 1 aromatic heterocycles. The van der Waals surface area contributed by atoms with E-state index in [0.29, 0.717) is 11.0 Å². The van der Waals surface area contributed by atoms with E-state index in [0.717, 1.165) is 0 Å². The number of aromatic carboxylic acids is 1. The van der Waals surface area contributed by atoms with Crippen molar-refractivity contribution in [2.24, 2.45) is 0 Å². The molecule has 0 fully saturated rings. The predicted molar refractivity (Wildman–Crippen MR) is 67.4 cm³/mol. The van der Waals surface area contributed by atoms with Crippen LogP contribution in [0, 0.1) is 6.72 Å². The lowest BCUT2D eigenvalue weighted by Crippen LogP contribution is -2.41. The van der Waals surface area contributed by atoms with Gasteiger partial charge in [-0.1, -0.05) is 0 Å². The van der Waals surface area contributed by atoms with Gasteiger partial charge in [-0.2, -0.15) is 4.24 Å². The molecule has 1 aromatic rings. The van der Waals surface area contributed by atoms with Crippen LogP contribution >= 0.6 is 0 Å². The van der Waals surface area contributed by atoms with Gasteiger partial charge in [0.1, 0.15) is 12.4 Å². The second kappa shape index (κ2) is 5.00. The van der Waals surface area contributed by atoms with Crippen LogP contribution in [0.4, 0.5) is 0 Å². The normalized spacial score (nSPS) is 16.9. The lowest BCUT2D eigenvalue weighted by molar-refractivity contribution is -0.514. The second-order valence-electron chi connectivity index (χ2n) is 4.27. The summed E-state index contributed by atoms with van der Waals surface area (Å²) in [7, 11) is 1.73. The second-order valence-corrected chi connectivity index (χ2v) is 4.27. The highest BCUT2D eigenvalue weighted by molar-refractivity contribution is 5.93. The largest absolute Gasteiger partial charge is 0.545 e. The number of nitrogens with zero attached hydrogens (tertiary/aromatic N) is 2. The molecule has 0 atom stereocenters. The summed E-state index contributed by atoms with van der Waals surface area (Å²) < 4.78 is 1.47. The Balaban J connectivity index is 2.76. The molecule has 0 amide bonds. The quantitative estimate of drug-likeness (QED) is 0.666. The minimum absolute atomic E-state index is 0.000582. The number of rotatable bonds is 2. The Morgan fingerprint density at radius 3 is 2.75 bits per heavy atom. The van der Waals surface area contributed by atoms with Gasteiger partial charge in [-0.3, -0.25) is 0 Å². The fourth-order valence-corrected chi connectivity index (χ4v) is 1.83. The van der Waals surface area contributed by atoms with E-state index in [1.165, 1.54) is 34.7 Å². The number of carbonyl (C=O) groups is 2. The van der Waals surface area contributed by atoms with Gasteiger partial charge in [0.2, 0.25) is 5.35 Å². The molecular formula is C14H12N2O4. The lowest BCUT2D eigenvalue weighted by atomic mass is 10.1. The van der Waals surface area contributed by atoms with Crippen molar-refractivity contribution in [1.29, 1.82) is 0 Å². The summed E-state index contributed by atoms with van der Waals surface area (Å²) in [5, 5.41) is 20.4. The van der Waals surface area contributed by atoms with Crippen molar-refractivity contribution in [2.75, 3.05) is 7.05 Å². The van der Waals surface area contributed by atoms with Crippen LogP contribution in [0.1, 0.15) is 10.4 Å². The minimum atomic E-state index is -1.30. The molecule has 1 aliphatic rings. The highest BCUT2D eigenvalue weighted by Crippen LogP contribution is 2.14. The van der Waals surface area contributed by atoms with E-state index in [4.69, 9.17) is 5.11 Å². The molecule has 0 saturated carbocycles. The highest BCUT2D eigenvalue weighted by atomic mass is 16.4. The summed E-state index contributed by atoms with van der Waals surface area (Å²) in [6.45, 7) is 3.76. The van der Waals surface area contributed by atoms with Crippen molar-refractivity contribution in [3.05, 3.63) is 59.9 Å². The first-order valence-electron chi connectivity index (χ1n) is 5.71. The smallest absolute Gasteiger partial charge is 0.335 e. The van der Waals surface area contributed by atoms with Gasteiger partial charge in [0, 0.05) is 30.9 Å². The van der Waals surface area contributed by atoms with E-state index < -0.39 is 11.9 Å². The van der Waals surface area contributed by atoms with Crippen LogP contribution in [0.2, 0.25) is 0 Å². The van der Waals surface area contributed by atoms with Crippen LogP contribution in [-0.4, -0.2) is 29.0 Å². The number of carboxylic acids is 2. The Labute approximate surface area is 114 Å². The molecular weight excluding hydrogens is 260 g/mol. The van der Waals surface area contributed by atoms with Gasteiger partial charge in [0.15, 0.2) is 6.20 Å². The number of hydrogen-bond donors (Lipinski definition) is 1. The fourth-order valence-electron chi connectivity index (χ4n) is 1.83. The Hall–Kier alpha value is -2.89. The molecule has 2 rings (SSSR count). The van der Waals surface area contributed by atoms with Gasteiger partial charge >= 0.3 is 5.97 Å². The van der Waals surface area contributed by atoms with Crippen molar-refractivity contribution < 1.29 is 24.0 Å². The van der Waals surface area contributed by atoms with Crippen LogP contribution in [0.25, 0.3) is 5.70 Å². The van der Waals surface area contributed by atoms with E-state index in [9.17, 15) is 14.7 Å². The van der Waals surface area contributed by atoms with Crippen LogP contribution in [0.5, 0.6) is 0 Å². The molecule has 20 heavy (non-hydrogen) atoms. The fraction of sp³-hybridized carbons (Fsp3) is 0.0714. The number of likely N-dealkylation sites (N-methyl/N-ethyl adjacent to an activating group) is 1. The number of pyridine rings is 1. The summed E-state index contributed by atoms with van der Waals surface area (Å²) in [4.78, 5) is 23.6. The third kappa shape index (κ3) is 2.44. The zero-order valence-corrected chi connectivity index (χ0v) is 10.7. The summed E-state index contributed by atoms with van der Waals surface area (Å²) >= 11 is 0. The minimum Gasteiger partial charge on any atom is -0.545 e. The third-order valence-electron chi connectivity index (χ3n) is 2.93. The van der Waals surface area contributed by atoms with Gasteiger partial charge in [0.05, 0.1) is 11.5 Å². The first-order chi connectivity index (χ1) is 9.40. The molecule has 2 heterocycles. The van der Waals surface area contributed by atoms with E-state index in [-0.39, 0.29) is 11.1 Å².